The number of carbonyl (C=O) groups excluding carboxylic acids is 1. The van der Waals surface area contributed by atoms with Crippen LogP contribution in [0.1, 0.15) is 109 Å². The van der Waals surface area contributed by atoms with E-state index < -0.39 is 25.7 Å². The minimum atomic E-state index is -4.48. The monoisotopic (exact) mass is 967 g/mol. The van der Waals surface area contributed by atoms with E-state index in [9.17, 15) is 35.5 Å². The standard InChI is InChI=1S/C52H62N4O10S2/c1-7-8-30-54-44-24-16-36(2)34-42(44)51(3,4)46(54)26-17-37-13-12-14-38(50(37)66-39-19-21-40(22-20-39)67(59,60)61)18-27-47-52(5,6)43-35-41(68(62,63)64)23-25-45(43)55(47)31-11-9-10-15-48(57)53-29-32-56-49(58)28-33-65-56/h16-28,33-35H,7-15,29-32H2,1-6H3,(H2-,53,57,59,60,61,62,63,64)/p+1. The highest BCUT2D eigenvalue weighted by atomic mass is 32.2. The lowest BCUT2D eigenvalue weighted by molar-refractivity contribution is -0.438. The van der Waals surface area contributed by atoms with Gasteiger partial charge in [-0.3, -0.25) is 18.7 Å². The van der Waals surface area contributed by atoms with Crippen molar-refractivity contribution in [1.29, 1.82) is 0 Å². The number of nitrogens with zero attached hydrogens (tertiary/aromatic N) is 3. The summed E-state index contributed by atoms with van der Waals surface area (Å²) in [6.07, 6.45) is 16.5. The molecule has 0 saturated heterocycles. The van der Waals surface area contributed by atoms with Gasteiger partial charge in [-0.2, -0.15) is 26.2 Å². The van der Waals surface area contributed by atoms with Crippen LogP contribution in [-0.2, 0) is 42.4 Å². The van der Waals surface area contributed by atoms with E-state index in [1.165, 1.54) is 76.0 Å². The van der Waals surface area contributed by atoms with Crippen LogP contribution in [0.3, 0.4) is 0 Å². The Kier molecular flexibility index (Phi) is 15.0. The molecule has 1 aliphatic carbocycles. The van der Waals surface area contributed by atoms with Crippen LogP contribution in [0.25, 0.3) is 0 Å². The molecule has 3 N–H and O–H groups in total. The second-order valence-electron chi connectivity index (χ2n) is 18.8. The highest BCUT2D eigenvalue weighted by Gasteiger charge is 2.45. The highest BCUT2D eigenvalue weighted by Crippen LogP contribution is 2.49. The van der Waals surface area contributed by atoms with E-state index in [2.05, 4.69) is 85.0 Å². The Morgan fingerprint density at radius 3 is 2.26 bits per heavy atom. The molecule has 2 aliphatic heterocycles. The molecule has 362 valence electrons. The number of ether oxygens (including phenoxy) is 1. The maximum absolute atomic E-state index is 12.6. The maximum Gasteiger partial charge on any atom is 0.294 e. The van der Waals surface area contributed by atoms with Gasteiger partial charge in [0.05, 0.1) is 21.8 Å². The van der Waals surface area contributed by atoms with Crippen molar-refractivity contribution in [1.82, 2.24) is 10.1 Å². The predicted molar refractivity (Wildman–Crippen MR) is 263 cm³/mol. The smallest absolute Gasteiger partial charge is 0.294 e. The fourth-order valence-corrected chi connectivity index (χ4v) is 10.5. The summed E-state index contributed by atoms with van der Waals surface area (Å²) < 4.78 is 83.5. The van der Waals surface area contributed by atoms with Crippen LogP contribution in [0.4, 0.5) is 11.4 Å². The molecule has 16 heteroatoms. The second-order valence-corrected chi connectivity index (χ2v) is 21.7. The molecule has 14 nitrogen and oxygen atoms in total. The van der Waals surface area contributed by atoms with Gasteiger partial charge in [-0.1, -0.05) is 51.0 Å². The fraction of sp³-hybridized carbons (Fsp3) is 0.404. The molecule has 0 atom stereocenters. The van der Waals surface area contributed by atoms with E-state index >= 15 is 0 Å². The number of rotatable bonds is 19. The van der Waals surface area contributed by atoms with Crippen molar-refractivity contribution in [2.45, 2.75) is 126 Å². The van der Waals surface area contributed by atoms with Crippen molar-refractivity contribution in [3.8, 4) is 5.75 Å². The number of aromatic nitrogens is 1. The molecule has 0 saturated carbocycles. The molecule has 3 aromatic carbocycles. The number of nitrogens with one attached hydrogen (secondary N) is 1. The van der Waals surface area contributed by atoms with E-state index in [1.807, 2.05) is 13.8 Å². The molecule has 1 aromatic heterocycles. The third kappa shape index (κ3) is 11.0. The number of hydrogen-bond donors (Lipinski definition) is 3. The number of allylic oxidation sites excluding steroid dienone is 7. The summed E-state index contributed by atoms with van der Waals surface area (Å²) in [5, 5.41) is 2.84. The Labute approximate surface area is 399 Å². The topological polar surface area (TPSA) is 188 Å². The van der Waals surface area contributed by atoms with Crippen molar-refractivity contribution in [3.63, 3.8) is 0 Å². The quantitative estimate of drug-likeness (QED) is 0.0461. The Balaban J connectivity index is 1.23. The van der Waals surface area contributed by atoms with Gasteiger partial charge in [0.15, 0.2) is 5.71 Å². The highest BCUT2D eigenvalue weighted by molar-refractivity contribution is 7.86. The summed E-state index contributed by atoms with van der Waals surface area (Å²) >= 11 is 0. The molecule has 4 aromatic rings. The maximum atomic E-state index is 12.6. The van der Waals surface area contributed by atoms with E-state index in [0.29, 0.717) is 37.3 Å². The molecule has 3 aliphatic rings. The minimum Gasteiger partial charge on any atom is -0.457 e. The zero-order valence-electron chi connectivity index (χ0n) is 39.7. The van der Waals surface area contributed by atoms with Crippen molar-refractivity contribution in [3.05, 3.63) is 147 Å². The van der Waals surface area contributed by atoms with Gasteiger partial charge in [-0.25, -0.2) is 0 Å². The summed E-state index contributed by atoms with van der Waals surface area (Å²) in [6.45, 7) is 14.8. The first-order valence-electron chi connectivity index (χ1n) is 23.4. The summed E-state index contributed by atoms with van der Waals surface area (Å²) in [6, 6.07) is 18.3. The number of fused-ring (bicyclic) bond motifs is 2. The van der Waals surface area contributed by atoms with Crippen LogP contribution in [0.15, 0.2) is 139 Å². The van der Waals surface area contributed by atoms with Crippen LogP contribution >= 0.6 is 0 Å². The normalized spacial score (nSPS) is 18.0. The van der Waals surface area contributed by atoms with Gasteiger partial charge in [-0.05, 0) is 131 Å². The van der Waals surface area contributed by atoms with Crippen LogP contribution in [0, 0.1) is 6.92 Å². The minimum absolute atomic E-state index is 0.121. The van der Waals surface area contributed by atoms with Crippen LogP contribution in [0.2, 0.25) is 0 Å². The third-order valence-electron chi connectivity index (χ3n) is 13.2. The van der Waals surface area contributed by atoms with Gasteiger partial charge in [0, 0.05) is 66.5 Å². The zero-order chi connectivity index (χ0) is 49.0. The number of anilines is 1. The molecular weight excluding hydrogens is 905 g/mol. The Morgan fingerprint density at radius 1 is 0.838 bits per heavy atom. The van der Waals surface area contributed by atoms with Crippen molar-refractivity contribution >= 4 is 43.2 Å². The number of hydrogen-bond acceptors (Lipinski definition) is 9. The third-order valence-corrected chi connectivity index (χ3v) is 14.9. The first-order valence-corrected chi connectivity index (χ1v) is 26.2. The van der Waals surface area contributed by atoms with Gasteiger partial charge >= 0.3 is 0 Å². The largest absolute Gasteiger partial charge is 0.457 e. The van der Waals surface area contributed by atoms with Crippen LogP contribution < -0.4 is 20.5 Å². The number of unbranched alkanes of at least 4 members (excludes halogenated alkanes) is 3. The fourth-order valence-electron chi connectivity index (χ4n) is 9.49. The summed E-state index contributed by atoms with van der Waals surface area (Å²) in [7, 11) is -8.91. The lowest BCUT2D eigenvalue weighted by Crippen LogP contribution is -2.29. The average molecular weight is 968 g/mol. The van der Waals surface area contributed by atoms with Crippen molar-refractivity contribution in [2.75, 3.05) is 24.5 Å². The van der Waals surface area contributed by atoms with Crippen LogP contribution in [0.5, 0.6) is 5.75 Å². The Morgan fingerprint density at radius 2 is 1.57 bits per heavy atom. The number of amides is 1. The van der Waals surface area contributed by atoms with Gasteiger partial charge in [-0.15, -0.1) is 0 Å². The molecule has 0 bridgehead atoms. The Bertz CT molecular complexity index is 3010. The lowest BCUT2D eigenvalue weighted by Gasteiger charge is -2.27. The molecule has 0 fully saturated rings. The first kappa shape index (κ1) is 50.1. The second kappa shape index (κ2) is 20.4. The summed E-state index contributed by atoms with van der Waals surface area (Å²) in [4.78, 5) is 26.3. The predicted octanol–water partition coefficient (Wildman–Crippen LogP) is 9.48. The zero-order valence-corrected chi connectivity index (χ0v) is 41.4. The van der Waals surface area contributed by atoms with Gasteiger partial charge in [0.25, 0.3) is 25.8 Å². The van der Waals surface area contributed by atoms with Gasteiger partial charge in [0.1, 0.15) is 24.3 Å². The molecule has 0 unspecified atom stereocenters. The molecule has 7 rings (SSSR count). The summed E-state index contributed by atoms with van der Waals surface area (Å²) in [5.74, 6) is 0.912. The van der Waals surface area contributed by atoms with E-state index in [1.54, 1.807) is 6.07 Å². The molecule has 0 spiro atoms. The molecular formula is C52H63N4O10S2+. The number of carbonyl (C=O) groups is 1. The van der Waals surface area contributed by atoms with Gasteiger partial charge < -0.3 is 19.5 Å². The summed E-state index contributed by atoms with van der Waals surface area (Å²) in [5.41, 5.74) is 7.99. The molecule has 3 heterocycles. The Hall–Kier alpha value is -5.81. The average Bonchev–Trinajstić information content (AvgIpc) is 3.86. The number of benzene rings is 3. The molecule has 1 amide bonds. The van der Waals surface area contributed by atoms with E-state index in [4.69, 9.17) is 9.26 Å². The van der Waals surface area contributed by atoms with E-state index in [0.717, 1.165) is 73.2 Å². The first-order chi connectivity index (χ1) is 32.2. The van der Waals surface area contributed by atoms with E-state index in [-0.39, 0.29) is 39.8 Å². The van der Waals surface area contributed by atoms with Crippen molar-refractivity contribution in [2.24, 2.45) is 0 Å². The molecule has 68 heavy (non-hydrogen) atoms. The SMILES string of the molecule is CCCCN1C(=CC=C2CCCC(C=CC3=[N+](CCCCCC(=O)NCCn4occc4=O)c4ccc(S(=O)(=O)O)cc4C3(C)C)=C2Oc2ccc(S(=O)(=O)O)cc2)C(C)(C)c2cc(C)ccc21. The van der Waals surface area contributed by atoms with Gasteiger partial charge in [0.2, 0.25) is 11.6 Å². The number of aryl methyl sites for hydroxylation is 1. The van der Waals surface area contributed by atoms with Crippen molar-refractivity contribution < 1.29 is 44.6 Å². The molecule has 0 radical (unpaired) electrons. The van der Waals surface area contributed by atoms with Crippen LogP contribution in [-0.4, -0.2) is 66.5 Å². The lowest BCUT2D eigenvalue weighted by atomic mass is 9.81.